The van der Waals surface area contributed by atoms with Crippen LogP contribution in [0.5, 0.6) is 0 Å². The molecule has 0 saturated carbocycles. The van der Waals surface area contributed by atoms with E-state index in [1.54, 1.807) is 36.4 Å². The van der Waals surface area contributed by atoms with Crippen molar-refractivity contribution >= 4 is 29.2 Å². The van der Waals surface area contributed by atoms with Gasteiger partial charge in [-0.15, -0.1) is 0 Å². The number of carbonyl (C=O) groups excluding carboxylic acids is 2. The first-order valence-electron chi connectivity index (χ1n) is 8.09. The number of rotatable bonds is 5. The first-order chi connectivity index (χ1) is 11.9. The maximum atomic E-state index is 12.6. The number of benzene rings is 2. The molecule has 2 aromatic rings. The summed E-state index contributed by atoms with van der Waals surface area (Å²) in [5.74, 6) is -0.261. The smallest absolute Gasteiger partial charge is 0.319 e. The molecule has 1 unspecified atom stereocenters. The van der Waals surface area contributed by atoms with Crippen molar-refractivity contribution < 1.29 is 9.59 Å². The van der Waals surface area contributed by atoms with Crippen LogP contribution in [0.3, 0.4) is 0 Å². The SMILES string of the molecule is CC(C)NC(=O)Nc1ccccc1C(=O)NC(C)c1ccc(Cl)cc1. The van der Waals surface area contributed by atoms with Gasteiger partial charge in [0.1, 0.15) is 0 Å². The molecule has 0 aromatic heterocycles. The van der Waals surface area contributed by atoms with Crippen LogP contribution in [0, 0.1) is 0 Å². The summed E-state index contributed by atoms with van der Waals surface area (Å²) in [4.78, 5) is 24.5. The molecule has 0 bridgehead atoms. The second-order valence-electron chi connectivity index (χ2n) is 6.05. The Morgan fingerprint density at radius 1 is 0.920 bits per heavy atom. The van der Waals surface area contributed by atoms with Crippen molar-refractivity contribution in [3.05, 3.63) is 64.7 Å². The summed E-state index contributed by atoms with van der Waals surface area (Å²) in [5, 5.41) is 9.03. The summed E-state index contributed by atoms with van der Waals surface area (Å²) in [5.41, 5.74) is 1.81. The fourth-order valence-electron chi connectivity index (χ4n) is 2.32. The summed E-state index contributed by atoms with van der Waals surface area (Å²) < 4.78 is 0. The molecule has 0 aliphatic carbocycles. The van der Waals surface area contributed by atoms with E-state index in [0.29, 0.717) is 16.3 Å². The van der Waals surface area contributed by atoms with Gasteiger partial charge in [0.25, 0.3) is 5.91 Å². The van der Waals surface area contributed by atoms with Crippen molar-refractivity contribution in [3.63, 3.8) is 0 Å². The van der Waals surface area contributed by atoms with Gasteiger partial charge in [-0.1, -0.05) is 35.9 Å². The monoisotopic (exact) mass is 359 g/mol. The second kappa shape index (κ2) is 8.53. The fraction of sp³-hybridized carbons (Fsp3) is 0.263. The quantitative estimate of drug-likeness (QED) is 0.742. The molecule has 0 radical (unpaired) electrons. The molecule has 0 heterocycles. The third-order valence-corrected chi connectivity index (χ3v) is 3.81. The number of para-hydroxylation sites is 1. The molecule has 2 aromatic carbocycles. The van der Waals surface area contributed by atoms with E-state index in [4.69, 9.17) is 11.6 Å². The van der Waals surface area contributed by atoms with E-state index in [9.17, 15) is 9.59 Å². The van der Waals surface area contributed by atoms with Gasteiger partial charge in [0.15, 0.2) is 0 Å². The molecule has 0 saturated heterocycles. The normalized spacial score (nSPS) is 11.7. The Kier molecular flexibility index (Phi) is 6.42. The Balaban J connectivity index is 2.11. The Hall–Kier alpha value is -2.53. The zero-order valence-corrected chi connectivity index (χ0v) is 15.2. The summed E-state index contributed by atoms with van der Waals surface area (Å²) >= 11 is 5.89. The molecule has 5 nitrogen and oxygen atoms in total. The number of hydrogen-bond donors (Lipinski definition) is 3. The van der Waals surface area contributed by atoms with E-state index >= 15 is 0 Å². The Labute approximate surface area is 152 Å². The lowest BCUT2D eigenvalue weighted by molar-refractivity contribution is 0.0941. The predicted molar refractivity (Wildman–Crippen MR) is 101 cm³/mol. The molecule has 1 atom stereocenters. The van der Waals surface area contributed by atoms with Crippen molar-refractivity contribution in [1.82, 2.24) is 10.6 Å². The number of anilines is 1. The van der Waals surface area contributed by atoms with Crippen LogP contribution in [-0.2, 0) is 0 Å². The maximum Gasteiger partial charge on any atom is 0.319 e. The summed E-state index contributed by atoms with van der Waals surface area (Å²) in [6.07, 6.45) is 0. The van der Waals surface area contributed by atoms with Crippen LogP contribution in [0.15, 0.2) is 48.5 Å². The highest BCUT2D eigenvalue weighted by atomic mass is 35.5. The molecule has 0 aliphatic rings. The topological polar surface area (TPSA) is 70.2 Å². The van der Waals surface area contributed by atoms with E-state index in [1.165, 1.54) is 0 Å². The molecular weight excluding hydrogens is 338 g/mol. The Morgan fingerprint density at radius 3 is 2.20 bits per heavy atom. The first kappa shape index (κ1) is 18.8. The van der Waals surface area contributed by atoms with Crippen molar-refractivity contribution in [2.24, 2.45) is 0 Å². The summed E-state index contributed by atoms with van der Waals surface area (Å²) in [7, 11) is 0. The zero-order valence-electron chi connectivity index (χ0n) is 14.5. The van der Waals surface area contributed by atoms with Crippen LogP contribution in [0.25, 0.3) is 0 Å². The van der Waals surface area contributed by atoms with Crippen LogP contribution in [-0.4, -0.2) is 18.0 Å². The minimum Gasteiger partial charge on any atom is -0.345 e. The van der Waals surface area contributed by atoms with E-state index in [0.717, 1.165) is 5.56 Å². The number of nitrogens with one attached hydrogen (secondary N) is 3. The average molecular weight is 360 g/mol. The van der Waals surface area contributed by atoms with Crippen LogP contribution < -0.4 is 16.0 Å². The number of amides is 3. The van der Waals surface area contributed by atoms with Gasteiger partial charge >= 0.3 is 6.03 Å². The standard InChI is InChI=1S/C19H22ClN3O2/c1-12(2)21-19(25)23-17-7-5-4-6-16(17)18(24)22-13(3)14-8-10-15(20)11-9-14/h4-13H,1-3H3,(H,22,24)(H2,21,23,25). The highest BCUT2D eigenvalue weighted by Gasteiger charge is 2.16. The van der Waals surface area contributed by atoms with Gasteiger partial charge in [-0.3, -0.25) is 4.79 Å². The molecule has 3 amide bonds. The van der Waals surface area contributed by atoms with Crippen LogP contribution in [0.1, 0.15) is 42.7 Å². The van der Waals surface area contributed by atoms with E-state index in [1.807, 2.05) is 32.9 Å². The Morgan fingerprint density at radius 2 is 1.56 bits per heavy atom. The minimum absolute atomic E-state index is 0.00548. The summed E-state index contributed by atoms with van der Waals surface area (Å²) in [6.45, 7) is 5.63. The van der Waals surface area contributed by atoms with Gasteiger partial charge in [-0.05, 0) is 50.6 Å². The third-order valence-electron chi connectivity index (χ3n) is 3.56. The fourth-order valence-corrected chi connectivity index (χ4v) is 2.45. The average Bonchev–Trinajstić information content (AvgIpc) is 2.55. The third kappa shape index (κ3) is 5.50. The molecule has 0 spiro atoms. The van der Waals surface area contributed by atoms with E-state index in [-0.39, 0.29) is 24.0 Å². The van der Waals surface area contributed by atoms with Crippen LogP contribution in [0.2, 0.25) is 5.02 Å². The van der Waals surface area contributed by atoms with Crippen LogP contribution in [0.4, 0.5) is 10.5 Å². The van der Waals surface area contributed by atoms with E-state index in [2.05, 4.69) is 16.0 Å². The molecule has 2 rings (SSSR count). The first-order valence-corrected chi connectivity index (χ1v) is 8.47. The molecule has 132 valence electrons. The van der Waals surface area contributed by atoms with Crippen LogP contribution >= 0.6 is 11.6 Å². The lowest BCUT2D eigenvalue weighted by atomic mass is 10.1. The van der Waals surface area contributed by atoms with Gasteiger partial charge in [0, 0.05) is 11.1 Å². The number of hydrogen-bond acceptors (Lipinski definition) is 2. The van der Waals surface area contributed by atoms with Gasteiger partial charge < -0.3 is 16.0 Å². The molecule has 3 N–H and O–H groups in total. The van der Waals surface area contributed by atoms with Gasteiger partial charge in [0.05, 0.1) is 17.3 Å². The second-order valence-corrected chi connectivity index (χ2v) is 6.48. The van der Waals surface area contributed by atoms with E-state index < -0.39 is 0 Å². The Bertz CT molecular complexity index is 745. The van der Waals surface area contributed by atoms with Gasteiger partial charge in [-0.25, -0.2) is 4.79 Å². The number of halogens is 1. The maximum absolute atomic E-state index is 12.6. The number of urea groups is 1. The molecule has 0 fully saturated rings. The molecular formula is C19H22ClN3O2. The van der Waals surface area contributed by atoms with Crippen molar-refractivity contribution in [2.75, 3.05) is 5.32 Å². The van der Waals surface area contributed by atoms with Gasteiger partial charge in [-0.2, -0.15) is 0 Å². The highest BCUT2D eigenvalue weighted by Crippen LogP contribution is 2.19. The minimum atomic E-state index is -0.346. The molecule has 0 aliphatic heterocycles. The number of carbonyl (C=O) groups is 2. The lowest BCUT2D eigenvalue weighted by Crippen LogP contribution is -2.35. The zero-order chi connectivity index (χ0) is 18.4. The lowest BCUT2D eigenvalue weighted by Gasteiger charge is -2.17. The predicted octanol–water partition coefficient (Wildman–Crippen LogP) is 4.36. The van der Waals surface area contributed by atoms with Gasteiger partial charge in [0.2, 0.25) is 0 Å². The van der Waals surface area contributed by atoms with Crippen molar-refractivity contribution in [1.29, 1.82) is 0 Å². The molecule has 6 heteroatoms. The largest absolute Gasteiger partial charge is 0.345 e. The summed E-state index contributed by atoms with van der Waals surface area (Å²) in [6, 6.07) is 13.7. The highest BCUT2D eigenvalue weighted by molar-refractivity contribution is 6.30. The van der Waals surface area contributed by atoms with Crippen molar-refractivity contribution in [2.45, 2.75) is 32.9 Å². The molecule has 25 heavy (non-hydrogen) atoms. The van der Waals surface area contributed by atoms with Crippen molar-refractivity contribution in [3.8, 4) is 0 Å².